The number of carbonyl (C=O) groups excluding carboxylic acids is 2. The van der Waals surface area contributed by atoms with Crippen molar-refractivity contribution in [3.63, 3.8) is 0 Å². The molecule has 7 heteroatoms. The first-order valence-electron chi connectivity index (χ1n) is 11.3. The molecule has 1 saturated heterocycles. The molecule has 1 unspecified atom stereocenters. The maximum Gasteiger partial charge on any atom is 0.356 e. The van der Waals surface area contributed by atoms with Gasteiger partial charge >= 0.3 is 5.97 Å². The Labute approximate surface area is 213 Å². The lowest BCUT2D eigenvalue weighted by Crippen LogP contribution is -2.64. The molecule has 0 spiro atoms. The lowest BCUT2D eigenvalue weighted by Gasteiger charge is -2.48. The molecule has 0 bridgehead atoms. The first-order chi connectivity index (χ1) is 17.2. The number of alkyl halides is 1. The summed E-state index contributed by atoms with van der Waals surface area (Å²) in [6.45, 7) is 0. The highest BCUT2D eigenvalue weighted by atomic mass is 35.5. The second-order valence-corrected chi connectivity index (χ2v) is 9.61. The van der Waals surface area contributed by atoms with Crippen molar-refractivity contribution >= 4 is 41.5 Å². The Morgan fingerprint density at radius 3 is 2.14 bits per heavy atom. The van der Waals surface area contributed by atoms with Crippen LogP contribution in [0.2, 0.25) is 0 Å². The second-order valence-electron chi connectivity index (χ2n) is 8.24. The summed E-state index contributed by atoms with van der Waals surface area (Å²) in [5, 5.41) is -0.260. The van der Waals surface area contributed by atoms with Crippen molar-refractivity contribution in [2.75, 3.05) is 11.6 Å². The number of fused-ring (bicyclic) bond motifs is 1. The van der Waals surface area contributed by atoms with Gasteiger partial charge in [0.25, 0.3) is 5.91 Å². The molecular formula is C28H23ClN2O3S. The fourth-order valence-corrected chi connectivity index (χ4v) is 5.88. The van der Waals surface area contributed by atoms with Crippen LogP contribution < -0.4 is 0 Å². The van der Waals surface area contributed by atoms with E-state index in [1.165, 1.54) is 4.90 Å². The van der Waals surface area contributed by atoms with Gasteiger partial charge in [0, 0.05) is 17.8 Å². The van der Waals surface area contributed by atoms with Crippen molar-refractivity contribution in [3.05, 3.63) is 119 Å². The number of halogens is 1. The van der Waals surface area contributed by atoms with Gasteiger partial charge in [0.2, 0.25) is 0 Å². The molecule has 176 valence electrons. The van der Waals surface area contributed by atoms with Gasteiger partial charge in [0.1, 0.15) is 11.1 Å². The van der Waals surface area contributed by atoms with Crippen LogP contribution in [-0.2, 0) is 14.3 Å². The van der Waals surface area contributed by atoms with Crippen molar-refractivity contribution in [2.45, 2.75) is 17.5 Å². The first-order valence-corrected chi connectivity index (χ1v) is 12.9. The number of β-lactam (4-membered cyclic amide) rings is 1. The standard InChI is InChI=1S/C28H23ClN2O3S/c29-16-22-18-35-27-23(30-17-19-10-4-1-5-11-19)26(32)31(27)24(22)28(33)34-25(20-12-6-2-7-13-20)21-14-8-3-9-15-21/h1-15,17,23,25,27H,16,18H2/t23?,27-/m0/s1. The van der Waals surface area contributed by atoms with Crippen molar-refractivity contribution in [1.29, 1.82) is 0 Å². The summed E-state index contributed by atoms with van der Waals surface area (Å²) < 4.78 is 6.06. The molecule has 1 amide bonds. The first kappa shape index (κ1) is 23.4. The fraction of sp³-hybridized carbons (Fsp3) is 0.179. The van der Waals surface area contributed by atoms with Crippen LogP contribution in [0.15, 0.2) is 107 Å². The quantitative estimate of drug-likeness (QED) is 0.192. The van der Waals surface area contributed by atoms with E-state index in [-0.39, 0.29) is 22.9 Å². The Balaban J connectivity index is 1.40. The minimum absolute atomic E-state index is 0.146. The minimum Gasteiger partial charge on any atom is -0.448 e. The molecule has 0 radical (unpaired) electrons. The molecule has 2 heterocycles. The maximum atomic E-state index is 13.6. The average Bonchev–Trinajstić information content (AvgIpc) is 2.92. The van der Waals surface area contributed by atoms with Crippen molar-refractivity contribution in [3.8, 4) is 0 Å². The molecule has 3 aromatic rings. The maximum absolute atomic E-state index is 13.6. The number of amides is 1. The lowest BCUT2D eigenvalue weighted by molar-refractivity contribution is -0.153. The van der Waals surface area contributed by atoms with Crippen LogP contribution in [0.3, 0.4) is 0 Å². The highest BCUT2D eigenvalue weighted by Gasteiger charge is 2.53. The number of rotatable bonds is 7. The minimum atomic E-state index is -0.606. The number of nitrogens with zero attached hydrogens (tertiary/aromatic N) is 2. The number of aliphatic imine (C=N–C) groups is 1. The summed E-state index contributed by atoms with van der Waals surface area (Å²) in [4.78, 5) is 32.7. The van der Waals surface area contributed by atoms with Crippen LogP contribution in [0, 0.1) is 0 Å². The number of benzene rings is 3. The third kappa shape index (κ3) is 4.77. The van der Waals surface area contributed by atoms with Crippen LogP contribution >= 0.6 is 23.4 Å². The molecule has 5 nitrogen and oxygen atoms in total. The van der Waals surface area contributed by atoms with Gasteiger partial charge in [-0.3, -0.25) is 14.7 Å². The average molecular weight is 503 g/mol. The van der Waals surface area contributed by atoms with Crippen LogP contribution in [0.5, 0.6) is 0 Å². The van der Waals surface area contributed by atoms with Gasteiger partial charge in [-0.15, -0.1) is 23.4 Å². The molecule has 1 fully saturated rings. The van der Waals surface area contributed by atoms with E-state index in [1.807, 2.05) is 91.0 Å². The van der Waals surface area contributed by atoms with E-state index < -0.39 is 18.1 Å². The van der Waals surface area contributed by atoms with Gasteiger partial charge in [-0.25, -0.2) is 4.79 Å². The molecule has 0 saturated carbocycles. The van der Waals surface area contributed by atoms with E-state index in [4.69, 9.17) is 16.3 Å². The predicted octanol–water partition coefficient (Wildman–Crippen LogP) is 5.21. The summed E-state index contributed by atoms with van der Waals surface area (Å²) >= 11 is 7.77. The Morgan fingerprint density at radius 1 is 1.00 bits per heavy atom. The molecule has 35 heavy (non-hydrogen) atoms. The molecule has 5 rings (SSSR count). The Bertz CT molecular complexity index is 1230. The summed E-state index contributed by atoms with van der Waals surface area (Å²) in [7, 11) is 0. The van der Waals surface area contributed by atoms with Gasteiger partial charge < -0.3 is 4.74 Å². The number of ether oxygens (including phenoxy) is 1. The SMILES string of the molecule is O=C(OC(c1ccccc1)c1ccccc1)C1=C(CCl)CS[C@H]2C(N=Cc3ccccc3)C(=O)N12. The Kier molecular flexibility index (Phi) is 7.02. The number of carbonyl (C=O) groups is 2. The summed E-state index contributed by atoms with van der Waals surface area (Å²) in [6, 6.07) is 28.2. The van der Waals surface area contributed by atoms with Crippen molar-refractivity contribution in [1.82, 2.24) is 4.90 Å². The highest BCUT2D eigenvalue weighted by Crippen LogP contribution is 2.43. The number of esters is 1. The second kappa shape index (κ2) is 10.5. The highest BCUT2D eigenvalue weighted by molar-refractivity contribution is 8.00. The zero-order valence-electron chi connectivity index (χ0n) is 18.8. The summed E-state index contributed by atoms with van der Waals surface area (Å²) in [5.74, 6) is -0.0868. The third-order valence-electron chi connectivity index (χ3n) is 5.99. The molecule has 2 atom stereocenters. The number of hydrogen-bond acceptors (Lipinski definition) is 5. The fourth-order valence-electron chi connectivity index (χ4n) is 4.21. The van der Waals surface area contributed by atoms with Gasteiger partial charge in [-0.1, -0.05) is 91.0 Å². The molecule has 0 aromatic heterocycles. The Hall–Kier alpha value is -3.35. The molecule has 0 N–H and O–H groups in total. The zero-order chi connectivity index (χ0) is 24.2. The van der Waals surface area contributed by atoms with E-state index in [0.29, 0.717) is 11.3 Å². The van der Waals surface area contributed by atoms with Crippen LogP contribution in [-0.4, -0.2) is 46.0 Å². The lowest BCUT2D eigenvalue weighted by atomic mass is 10.0. The van der Waals surface area contributed by atoms with Gasteiger partial charge in [-0.05, 0) is 22.3 Å². The van der Waals surface area contributed by atoms with Crippen molar-refractivity contribution in [2.24, 2.45) is 4.99 Å². The van der Waals surface area contributed by atoms with Gasteiger partial charge in [0.05, 0.1) is 0 Å². The summed E-state index contributed by atoms with van der Waals surface area (Å²) in [6.07, 6.45) is 1.10. The molecule has 3 aromatic carbocycles. The zero-order valence-corrected chi connectivity index (χ0v) is 20.4. The normalized spacial score (nSPS) is 19.6. The van der Waals surface area contributed by atoms with Gasteiger partial charge in [0.15, 0.2) is 12.1 Å². The monoisotopic (exact) mass is 502 g/mol. The smallest absolute Gasteiger partial charge is 0.356 e. The number of hydrogen-bond donors (Lipinski definition) is 0. The van der Waals surface area contributed by atoms with E-state index in [2.05, 4.69) is 4.99 Å². The van der Waals surface area contributed by atoms with Gasteiger partial charge in [-0.2, -0.15) is 0 Å². The van der Waals surface area contributed by atoms with Crippen molar-refractivity contribution < 1.29 is 14.3 Å². The topological polar surface area (TPSA) is 59.0 Å². The molecular weight excluding hydrogens is 480 g/mol. The molecule has 2 aliphatic heterocycles. The number of thioether (sulfide) groups is 1. The molecule has 2 aliphatic rings. The summed E-state index contributed by atoms with van der Waals surface area (Å²) in [5.41, 5.74) is 3.56. The largest absolute Gasteiger partial charge is 0.448 e. The van der Waals surface area contributed by atoms with Crippen LogP contribution in [0.4, 0.5) is 0 Å². The van der Waals surface area contributed by atoms with Crippen LogP contribution in [0.25, 0.3) is 0 Å². The van der Waals surface area contributed by atoms with E-state index in [0.717, 1.165) is 16.7 Å². The predicted molar refractivity (Wildman–Crippen MR) is 139 cm³/mol. The van der Waals surface area contributed by atoms with E-state index in [9.17, 15) is 9.59 Å². The molecule has 0 aliphatic carbocycles. The third-order valence-corrected chi connectivity index (χ3v) is 7.64. The van der Waals surface area contributed by atoms with E-state index >= 15 is 0 Å². The van der Waals surface area contributed by atoms with Crippen LogP contribution in [0.1, 0.15) is 22.8 Å². The van der Waals surface area contributed by atoms with E-state index in [1.54, 1.807) is 18.0 Å². The Morgan fingerprint density at radius 2 is 1.57 bits per heavy atom.